The molecule has 0 atom stereocenters. The third-order valence-corrected chi connectivity index (χ3v) is 5.12. The topological polar surface area (TPSA) is 95.1 Å². The van der Waals surface area contributed by atoms with Gasteiger partial charge < -0.3 is 14.8 Å². The van der Waals surface area contributed by atoms with Crippen molar-refractivity contribution >= 4 is 33.6 Å². The summed E-state index contributed by atoms with van der Waals surface area (Å²) in [6.07, 6.45) is 1.50. The number of nitrogens with zero attached hydrogens (tertiary/aromatic N) is 2. The van der Waals surface area contributed by atoms with Crippen LogP contribution in [0.1, 0.15) is 16.7 Å². The molecule has 0 saturated carbocycles. The number of ether oxygens (including phenoxy) is 2. The van der Waals surface area contributed by atoms with Crippen LogP contribution in [-0.4, -0.2) is 13.0 Å². The third-order valence-electron chi connectivity index (χ3n) is 4.50. The van der Waals surface area contributed by atoms with E-state index in [0.717, 1.165) is 5.56 Å². The number of halogens is 1. The largest absolute Gasteiger partial charge is 0.497 e. The Bertz CT molecular complexity index is 1240. The molecule has 7 heteroatoms. The lowest BCUT2D eigenvalue weighted by molar-refractivity contribution is -0.112. The van der Waals surface area contributed by atoms with Gasteiger partial charge in [0, 0.05) is 11.3 Å². The Morgan fingerprint density at radius 2 is 1.84 bits per heavy atom. The van der Waals surface area contributed by atoms with Crippen molar-refractivity contribution in [2.75, 3.05) is 12.4 Å². The van der Waals surface area contributed by atoms with Gasteiger partial charge in [0.15, 0.2) is 0 Å². The van der Waals surface area contributed by atoms with Gasteiger partial charge in [-0.05, 0) is 70.0 Å². The van der Waals surface area contributed by atoms with Crippen LogP contribution in [-0.2, 0) is 11.4 Å². The number of nitrogens with one attached hydrogen (secondary N) is 1. The summed E-state index contributed by atoms with van der Waals surface area (Å²) in [5, 5.41) is 21.3. The summed E-state index contributed by atoms with van der Waals surface area (Å²) in [5.41, 5.74) is 2.52. The molecule has 0 fully saturated rings. The predicted molar refractivity (Wildman–Crippen MR) is 125 cm³/mol. The fourth-order valence-corrected chi connectivity index (χ4v) is 3.33. The summed E-state index contributed by atoms with van der Waals surface area (Å²) in [5.74, 6) is 0.737. The average Bonchev–Trinajstić information content (AvgIpc) is 2.82. The van der Waals surface area contributed by atoms with E-state index in [1.807, 2.05) is 18.2 Å². The van der Waals surface area contributed by atoms with Crippen molar-refractivity contribution in [2.45, 2.75) is 6.61 Å². The van der Waals surface area contributed by atoms with Gasteiger partial charge in [0.1, 0.15) is 29.7 Å². The van der Waals surface area contributed by atoms with E-state index in [1.165, 1.54) is 6.08 Å². The molecule has 0 aliphatic rings. The highest BCUT2D eigenvalue weighted by atomic mass is 79.9. The quantitative estimate of drug-likeness (QED) is 0.352. The number of hydrogen-bond acceptors (Lipinski definition) is 5. The molecule has 3 aromatic rings. The average molecular weight is 488 g/mol. The molecule has 0 spiro atoms. The van der Waals surface area contributed by atoms with Gasteiger partial charge in [-0.25, -0.2) is 0 Å². The molecule has 0 saturated heterocycles. The predicted octanol–water partition coefficient (Wildman–Crippen LogP) is 5.45. The monoisotopic (exact) mass is 487 g/mol. The van der Waals surface area contributed by atoms with E-state index < -0.39 is 5.91 Å². The molecule has 0 aromatic heterocycles. The summed E-state index contributed by atoms with van der Waals surface area (Å²) in [6, 6.07) is 23.4. The summed E-state index contributed by atoms with van der Waals surface area (Å²) in [6.45, 7) is 0.241. The fourth-order valence-electron chi connectivity index (χ4n) is 2.82. The van der Waals surface area contributed by atoms with Crippen LogP contribution in [0.15, 0.2) is 76.8 Å². The maximum atomic E-state index is 12.5. The maximum Gasteiger partial charge on any atom is 0.266 e. The zero-order valence-corrected chi connectivity index (χ0v) is 18.7. The van der Waals surface area contributed by atoms with Crippen LogP contribution < -0.4 is 14.8 Å². The van der Waals surface area contributed by atoms with E-state index in [0.29, 0.717) is 32.8 Å². The highest BCUT2D eigenvalue weighted by molar-refractivity contribution is 9.10. The van der Waals surface area contributed by atoms with Gasteiger partial charge in [-0.3, -0.25) is 4.79 Å². The van der Waals surface area contributed by atoms with Crippen molar-refractivity contribution in [3.05, 3.63) is 93.5 Å². The van der Waals surface area contributed by atoms with Gasteiger partial charge in [-0.2, -0.15) is 10.5 Å². The zero-order valence-electron chi connectivity index (χ0n) is 17.1. The second kappa shape index (κ2) is 10.8. The molecule has 1 N–H and O–H groups in total. The molecular formula is C25H18BrN3O3. The van der Waals surface area contributed by atoms with E-state index >= 15 is 0 Å². The summed E-state index contributed by atoms with van der Waals surface area (Å²) in [4.78, 5) is 12.5. The van der Waals surface area contributed by atoms with Gasteiger partial charge in [-0.1, -0.05) is 24.3 Å². The van der Waals surface area contributed by atoms with Crippen molar-refractivity contribution < 1.29 is 14.3 Å². The smallest absolute Gasteiger partial charge is 0.266 e. The first kappa shape index (κ1) is 22.6. The van der Waals surface area contributed by atoms with Crippen molar-refractivity contribution in [3.63, 3.8) is 0 Å². The number of anilines is 1. The van der Waals surface area contributed by atoms with Crippen molar-refractivity contribution in [3.8, 4) is 23.6 Å². The number of rotatable bonds is 7. The summed E-state index contributed by atoms with van der Waals surface area (Å²) in [7, 11) is 1.56. The lowest BCUT2D eigenvalue weighted by Crippen LogP contribution is -2.13. The first-order chi connectivity index (χ1) is 15.5. The van der Waals surface area contributed by atoms with E-state index in [9.17, 15) is 15.3 Å². The second-order valence-corrected chi connectivity index (χ2v) is 7.45. The molecule has 3 aromatic carbocycles. The van der Waals surface area contributed by atoms with Crippen molar-refractivity contribution in [2.24, 2.45) is 0 Å². The van der Waals surface area contributed by atoms with Crippen molar-refractivity contribution in [1.82, 2.24) is 0 Å². The third kappa shape index (κ3) is 5.75. The van der Waals surface area contributed by atoms with Crippen LogP contribution in [0.25, 0.3) is 6.08 Å². The highest BCUT2D eigenvalue weighted by Crippen LogP contribution is 2.28. The molecule has 0 bridgehead atoms. The van der Waals surface area contributed by atoms with E-state index in [4.69, 9.17) is 9.47 Å². The minimum absolute atomic E-state index is 0.0377. The Morgan fingerprint density at radius 3 is 2.50 bits per heavy atom. The molecular weight excluding hydrogens is 470 g/mol. The lowest BCUT2D eigenvalue weighted by atomic mass is 10.1. The molecule has 0 aliphatic carbocycles. The van der Waals surface area contributed by atoms with E-state index in [-0.39, 0.29) is 12.2 Å². The number of carbonyl (C=O) groups excluding carboxylic acids is 1. The normalized spacial score (nSPS) is 10.6. The Hall–Kier alpha value is -4.07. The van der Waals surface area contributed by atoms with Crippen LogP contribution in [0.3, 0.4) is 0 Å². The minimum Gasteiger partial charge on any atom is -0.497 e. The van der Waals surface area contributed by atoms with Crippen LogP contribution in [0.4, 0.5) is 5.69 Å². The summed E-state index contributed by atoms with van der Waals surface area (Å²) >= 11 is 3.46. The van der Waals surface area contributed by atoms with Gasteiger partial charge >= 0.3 is 0 Å². The van der Waals surface area contributed by atoms with Crippen LogP contribution in [0, 0.1) is 22.7 Å². The molecule has 0 unspecified atom stereocenters. The molecule has 1 amide bonds. The molecule has 3 rings (SSSR count). The van der Waals surface area contributed by atoms with Crippen LogP contribution in [0.2, 0.25) is 0 Å². The molecule has 6 nitrogen and oxygen atoms in total. The number of carbonyl (C=O) groups is 1. The first-order valence-corrected chi connectivity index (χ1v) is 10.3. The molecule has 0 radical (unpaired) electrons. The minimum atomic E-state index is -0.512. The number of amides is 1. The Kier molecular flexibility index (Phi) is 7.64. The molecule has 0 aliphatic heterocycles. The van der Waals surface area contributed by atoms with Gasteiger partial charge in [0.2, 0.25) is 0 Å². The van der Waals surface area contributed by atoms with Crippen LogP contribution >= 0.6 is 15.9 Å². The standard InChI is InChI=1S/C25H18BrN3O3/c1-31-22-9-7-21(8-10-22)29-25(30)20(15-28)12-17-6-11-24(23(26)13-17)32-16-19-5-3-2-4-18(19)14-27/h2-13H,16H2,1H3,(H,29,30)/b20-12+. The number of methoxy groups -OCH3 is 1. The van der Waals surface area contributed by atoms with E-state index in [2.05, 4.69) is 27.3 Å². The van der Waals surface area contributed by atoms with E-state index in [1.54, 1.807) is 61.7 Å². The first-order valence-electron chi connectivity index (χ1n) is 9.51. The fraction of sp³-hybridized carbons (Fsp3) is 0.0800. The Balaban J connectivity index is 1.71. The highest BCUT2D eigenvalue weighted by Gasteiger charge is 2.11. The van der Waals surface area contributed by atoms with Crippen LogP contribution in [0.5, 0.6) is 11.5 Å². The summed E-state index contributed by atoms with van der Waals surface area (Å²) < 4.78 is 11.6. The Labute approximate surface area is 194 Å². The maximum absolute atomic E-state index is 12.5. The van der Waals surface area contributed by atoms with Crippen molar-refractivity contribution in [1.29, 1.82) is 10.5 Å². The molecule has 158 valence electrons. The SMILES string of the molecule is COc1ccc(NC(=O)/C(C#N)=C/c2ccc(OCc3ccccc3C#N)c(Br)c2)cc1. The van der Waals surface area contributed by atoms with Gasteiger partial charge in [0.25, 0.3) is 5.91 Å². The number of benzene rings is 3. The second-order valence-electron chi connectivity index (χ2n) is 6.60. The lowest BCUT2D eigenvalue weighted by Gasteiger charge is -2.10. The molecule has 32 heavy (non-hydrogen) atoms. The van der Waals surface area contributed by atoms with Gasteiger partial charge in [-0.15, -0.1) is 0 Å². The Morgan fingerprint density at radius 1 is 1.09 bits per heavy atom. The number of hydrogen-bond donors (Lipinski definition) is 1. The molecule has 0 heterocycles. The van der Waals surface area contributed by atoms with Gasteiger partial charge in [0.05, 0.1) is 23.2 Å². The zero-order chi connectivity index (χ0) is 22.9. The number of nitriles is 2.